The Balaban J connectivity index is 0.000000247. The number of hydrogen-bond acceptors (Lipinski definition) is 6. The Kier molecular flexibility index (Phi) is 7.58. The Labute approximate surface area is 214 Å². The molecule has 0 spiro atoms. The van der Waals surface area contributed by atoms with Crippen LogP contribution in [0.15, 0.2) is 47.5 Å². The lowest BCUT2D eigenvalue weighted by Gasteiger charge is -2.41. The highest BCUT2D eigenvalue weighted by molar-refractivity contribution is 5.92. The molecule has 3 heterocycles. The van der Waals surface area contributed by atoms with Gasteiger partial charge >= 0.3 is 0 Å². The number of aliphatic imine (C=N–C) groups is 1. The molecule has 0 saturated carbocycles. The number of ether oxygens (including phenoxy) is 1. The van der Waals surface area contributed by atoms with Gasteiger partial charge in [0.05, 0.1) is 12.2 Å². The van der Waals surface area contributed by atoms with Crippen molar-refractivity contribution in [1.29, 1.82) is 0 Å². The fourth-order valence-corrected chi connectivity index (χ4v) is 6.37. The van der Waals surface area contributed by atoms with Gasteiger partial charge in [-0.1, -0.05) is 24.3 Å². The van der Waals surface area contributed by atoms with Crippen molar-refractivity contribution in [2.75, 3.05) is 11.9 Å². The molecule has 3 aliphatic heterocycles. The lowest BCUT2D eigenvalue weighted by molar-refractivity contribution is -0.115. The first-order valence-electron chi connectivity index (χ1n) is 13.4. The molecular formula is C29H39N5O2. The van der Waals surface area contributed by atoms with Gasteiger partial charge in [-0.05, 0) is 88.1 Å². The zero-order valence-electron chi connectivity index (χ0n) is 21.5. The van der Waals surface area contributed by atoms with Crippen LogP contribution in [0.2, 0.25) is 0 Å². The SMILES string of the molecule is CC(C)N1C2CCC1CC(NCC(=O)Nc1ccc3c(c1)COC(N)=N3)C2.c1ccc2c(c1)CCC2. The Morgan fingerprint density at radius 3 is 2.44 bits per heavy atom. The lowest BCUT2D eigenvalue weighted by Crippen LogP contribution is -2.52. The molecule has 4 aliphatic rings. The van der Waals surface area contributed by atoms with Gasteiger partial charge in [0.25, 0.3) is 6.02 Å². The van der Waals surface area contributed by atoms with E-state index in [2.05, 4.69) is 58.6 Å². The zero-order valence-corrected chi connectivity index (χ0v) is 21.5. The molecule has 0 aromatic heterocycles. The summed E-state index contributed by atoms with van der Waals surface area (Å²) in [5, 5.41) is 6.43. The van der Waals surface area contributed by atoms with E-state index >= 15 is 0 Å². The minimum atomic E-state index is -0.0201. The molecule has 2 aromatic rings. The molecule has 1 amide bonds. The summed E-state index contributed by atoms with van der Waals surface area (Å²) in [7, 11) is 0. The van der Waals surface area contributed by atoms with Crippen LogP contribution in [0.4, 0.5) is 11.4 Å². The molecule has 6 rings (SSSR count). The summed E-state index contributed by atoms with van der Waals surface area (Å²) in [6, 6.07) is 16.9. The number of benzene rings is 2. The van der Waals surface area contributed by atoms with Crippen LogP contribution in [-0.4, -0.2) is 47.5 Å². The van der Waals surface area contributed by atoms with Crippen molar-refractivity contribution in [1.82, 2.24) is 10.2 Å². The van der Waals surface area contributed by atoms with Crippen molar-refractivity contribution >= 4 is 23.3 Å². The number of piperidine rings is 1. The number of carbonyl (C=O) groups is 1. The molecule has 2 saturated heterocycles. The molecule has 2 unspecified atom stereocenters. The van der Waals surface area contributed by atoms with Crippen LogP contribution in [0.5, 0.6) is 0 Å². The molecule has 2 bridgehead atoms. The van der Waals surface area contributed by atoms with Crippen LogP contribution in [0.1, 0.15) is 62.6 Å². The summed E-state index contributed by atoms with van der Waals surface area (Å²) in [6.45, 7) is 5.29. The van der Waals surface area contributed by atoms with Crippen LogP contribution in [-0.2, 0) is 29.0 Å². The average molecular weight is 490 g/mol. The van der Waals surface area contributed by atoms with Crippen molar-refractivity contribution in [3.63, 3.8) is 0 Å². The van der Waals surface area contributed by atoms with Gasteiger partial charge in [0, 0.05) is 35.4 Å². The van der Waals surface area contributed by atoms with Crippen LogP contribution < -0.4 is 16.4 Å². The van der Waals surface area contributed by atoms with Crippen LogP contribution in [0.25, 0.3) is 0 Å². The maximum atomic E-state index is 12.4. The number of anilines is 1. The molecule has 2 aromatic carbocycles. The van der Waals surface area contributed by atoms with E-state index in [4.69, 9.17) is 10.5 Å². The van der Waals surface area contributed by atoms with E-state index in [1.54, 1.807) is 11.1 Å². The molecule has 2 atom stereocenters. The highest BCUT2D eigenvalue weighted by Gasteiger charge is 2.41. The van der Waals surface area contributed by atoms with E-state index < -0.39 is 0 Å². The molecular weight excluding hydrogens is 450 g/mol. The predicted octanol–water partition coefficient (Wildman–Crippen LogP) is 4.27. The standard InChI is InChI=1S/C20H29N5O2.C9H10/c1-12(2)25-16-4-5-17(25)9-15(8-16)22-10-19(26)23-14-3-6-18-13(7-14)11-27-20(21)24-18;1-2-5-9-7-3-6-8(9)4-1/h3,6-7,12,15-17,22H,4-5,8-11H2,1-2H3,(H2,21,24)(H,23,26);1-2,4-5H,3,6-7H2. The minimum Gasteiger partial charge on any atom is -0.460 e. The van der Waals surface area contributed by atoms with Gasteiger partial charge in [-0.25, -0.2) is 0 Å². The van der Waals surface area contributed by atoms with Crippen molar-refractivity contribution in [2.24, 2.45) is 10.7 Å². The molecule has 7 heteroatoms. The zero-order chi connectivity index (χ0) is 25.1. The van der Waals surface area contributed by atoms with E-state index in [-0.39, 0.29) is 11.9 Å². The number of amides is 1. The normalized spacial score (nSPS) is 24.2. The molecule has 192 valence electrons. The second-order valence-corrected chi connectivity index (χ2v) is 10.7. The van der Waals surface area contributed by atoms with E-state index in [0.717, 1.165) is 29.8 Å². The summed E-state index contributed by atoms with van der Waals surface area (Å²) in [6.07, 6.45) is 8.82. The van der Waals surface area contributed by atoms with Gasteiger partial charge in [-0.3, -0.25) is 9.69 Å². The lowest BCUT2D eigenvalue weighted by atomic mass is 9.96. The number of aryl methyl sites for hydroxylation is 2. The molecule has 0 radical (unpaired) electrons. The van der Waals surface area contributed by atoms with Crippen LogP contribution in [0, 0.1) is 0 Å². The smallest absolute Gasteiger partial charge is 0.287 e. The summed E-state index contributed by atoms with van der Waals surface area (Å²) < 4.78 is 5.24. The number of amidine groups is 1. The van der Waals surface area contributed by atoms with E-state index in [0.29, 0.717) is 37.3 Å². The Hall–Kier alpha value is -2.90. The van der Waals surface area contributed by atoms with Gasteiger partial charge < -0.3 is 21.1 Å². The number of nitrogens with two attached hydrogens (primary N) is 1. The van der Waals surface area contributed by atoms with Crippen molar-refractivity contribution in [3.05, 3.63) is 59.2 Å². The van der Waals surface area contributed by atoms with Crippen molar-refractivity contribution < 1.29 is 9.53 Å². The summed E-state index contributed by atoms with van der Waals surface area (Å²) in [5.74, 6) is -0.0201. The van der Waals surface area contributed by atoms with Crippen molar-refractivity contribution in [3.8, 4) is 0 Å². The van der Waals surface area contributed by atoms with Gasteiger partial charge in [-0.2, -0.15) is 4.99 Å². The molecule has 4 N–H and O–H groups in total. The summed E-state index contributed by atoms with van der Waals surface area (Å²) in [5.41, 5.74) is 11.2. The van der Waals surface area contributed by atoms with E-state index in [1.165, 1.54) is 32.1 Å². The largest absolute Gasteiger partial charge is 0.460 e. The van der Waals surface area contributed by atoms with Crippen molar-refractivity contribution in [2.45, 2.75) is 89.6 Å². The van der Waals surface area contributed by atoms with Gasteiger partial charge in [0.1, 0.15) is 6.61 Å². The van der Waals surface area contributed by atoms with Gasteiger partial charge in [-0.15, -0.1) is 0 Å². The second kappa shape index (κ2) is 11.0. The third-order valence-electron chi connectivity index (χ3n) is 7.92. The second-order valence-electron chi connectivity index (χ2n) is 10.7. The minimum absolute atomic E-state index is 0.0201. The van der Waals surface area contributed by atoms with Gasteiger partial charge in [0.15, 0.2) is 0 Å². The molecule has 36 heavy (non-hydrogen) atoms. The third kappa shape index (κ3) is 5.73. The fraction of sp³-hybridized carbons (Fsp3) is 0.517. The maximum Gasteiger partial charge on any atom is 0.287 e. The maximum absolute atomic E-state index is 12.4. The monoisotopic (exact) mass is 489 g/mol. The summed E-state index contributed by atoms with van der Waals surface area (Å²) >= 11 is 0. The Bertz CT molecular complexity index is 1080. The highest BCUT2D eigenvalue weighted by atomic mass is 16.5. The summed E-state index contributed by atoms with van der Waals surface area (Å²) in [4.78, 5) is 19.2. The fourth-order valence-electron chi connectivity index (χ4n) is 6.37. The third-order valence-corrected chi connectivity index (χ3v) is 7.92. The molecule has 2 fully saturated rings. The number of rotatable bonds is 5. The van der Waals surface area contributed by atoms with E-state index in [9.17, 15) is 4.79 Å². The molecule has 7 nitrogen and oxygen atoms in total. The van der Waals surface area contributed by atoms with Gasteiger partial charge in [0.2, 0.25) is 5.91 Å². The van der Waals surface area contributed by atoms with Crippen LogP contribution in [0.3, 0.4) is 0 Å². The number of nitrogens with zero attached hydrogens (tertiary/aromatic N) is 2. The predicted molar refractivity (Wildman–Crippen MR) is 144 cm³/mol. The number of fused-ring (bicyclic) bond motifs is 4. The highest BCUT2D eigenvalue weighted by Crippen LogP contribution is 2.37. The van der Waals surface area contributed by atoms with E-state index in [1.807, 2.05) is 18.2 Å². The average Bonchev–Trinajstić information content (AvgIpc) is 3.45. The Morgan fingerprint density at radius 2 is 1.78 bits per heavy atom. The molecule has 1 aliphatic carbocycles. The topological polar surface area (TPSA) is 92.0 Å². The number of hydrogen-bond donors (Lipinski definition) is 3. The first kappa shape index (κ1) is 24.8. The first-order valence-corrected chi connectivity index (χ1v) is 13.4. The van der Waals surface area contributed by atoms with Crippen LogP contribution >= 0.6 is 0 Å². The quantitative estimate of drug-likeness (QED) is 0.583. The Morgan fingerprint density at radius 1 is 1.08 bits per heavy atom. The first-order chi connectivity index (χ1) is 17.5. The number of carbonyl (C=O) groups excluding carboxylic acids is 1. The number of nitrogens with one attached hydrogen (secondary N) is 2.